The van der Waals surface area contributed by atoms with Crippen LogP contribution in [0.4, 0.5) is 0 Å². The van der Waals surface area contributed by atoms with E-state index in [0.717, 1.165) is 24.2 Å². The third kappa shape index (κ3) is 4.31. The van der Waals surface area contributed by atoms with Gasteiger partial charge in [-0.15, -0.1) is 11.3 Å². The fraction of sp³-hybridized carbons (Fsp3) is 0.286. The summed E-state index contributed by atoms with van der Waals surface area (Å²) in [6.07, 6.45) is 5.01. The summed E-state index contributed by atoms with van der Waals surface area (Å²) < 4.78 is 1.79. The highest BCUT2D eigenvalue weighted by molar-refractivity contribution is 7.10. The van der Waals surface area contributed by atoms with Crippen molar-refractivity contribution in [3.8, 4) is 5.69 Å². The Hall–Kier alpha value is -2.93. The Kier molecular flexibility index (Phi) is 5.53. The molecule has 6 nitrogen and oxygen atoms in total. The number of nitrogens with zero attached hydrogens (tertiary/aromatic N) is 3. The zero-order valence-electron chi connectivity index (χ0n) is 15.5. The summed E-state index contributed by atoms with van der Waals surface area (Å²) in [5, 5.41) is 9.16. The molecule has 2 amide bonds. The highest BCUT2D eigenvalue weighted by Crippen LogP contribution is 2.24. The Morgan fingerprint density at radius 1 is 1.14 bits per heavy atom. The number of rotatable bonds is 6. The molecule has 7 heteroatoms. The number of hydrogen-bond acceptors (Lipinski definition) is 4. The lowest BCUT2D eigenvalue weighted by atomic mass is 10.1. The molecule has 0 saturated heterocycles. The van der Waals surface area contributed by atoms with E-state index in [1.54, 1.807) is 22.2 Å². The highest BCUT2D eigenvalue weighted by atomic mass is 32.1. The third-order valence-electron chi connectivity index (χ3n) is 4.92. The van der Waals surface area contributed by atoms with Gasteiger partial charge < -0.3 is 10.2 Å². The van der Waals surface area contributed by atoms with Gasteiger partial charge in [-0.25, -0.2) is 4.68 Å². The average Bonchev–Trinajstić information content (AvgIpc) is 3.42. The first-order valence-corrected chi connectivity index (χ1v) is 10.3. The summed E-state index contributed by atoms with van der Waals surface area (Å²) in [6.45, 7) is 1.87. The topological polar surface area (TPSA) is 67.2 Å². The Morgan fingerprint density at radius 3 is 2.79 bits per heavy atom. The van der Waals surface area contributed by atoms with Gasteiger partial charge in [0.2, 0.25) is 11.8 Å². The molecule has 0 fully saturated rings. The fourth-order valence-electron chi connectivity index (χ4n) is 3.32. The molecule has 3 heterocycles. The van der Waals surface area contributed by atoms with Crippen LogP contribution in [-0.2, 0) is 29.1 Å². The van der Waals surface area contributed by atoms with Crippen molar-refractivity contribution < 1.29 is 9.59 Å². The van der Waals surface area contributed by atoms with Crippen LogP contribution in [0.15, 0.2) is 54.2 Å². The molecule has 3 aromatic rings. The van der Waals surface area contributed by atoms with Gasteiger partial charge in [-0.2, -0.15) is 5.10 Å². The van der Waals surface area contributed by atoms with E-state index >= 15 is 0 Å². The van der Waals surface area contributed by atoms with Gasteiger partial charge in [-0.3, -0.25) is 9.59 Å². The standard InChI is InChI=1S/C21H22N4O2S/c26-20(6-7-21(27)24-12-8-19-17(15-24)9-13-28-19)22-14-16-2-4-18(5-3-16)25-11-1-10-23-25/h1-5,9-11,13H,6-8,12,14-15H2,(H,22,26). The second kappa shape index (κ2) is 8.39. The van der Waals surface area contributed by atoms with Gasteiger partial charge in [0.1, 0.15) is 0 Å². The minimum Gasteiger partial charge on any atom is -0.352 e. The number of benzene rings is 1. The molecule has 0 unspecified atom stereocenters. The maximum Gasteiger partial charge on any atom is 0.223 e. The Labute approximate surface area is 167 Å². The summed E-state index contributed by atoms with van der Waals surface area (Å²) in [6, 6.07) is 11.8. The first-order valence-electron chi connectivity index (χ1n) is 9.38. The van der Waals surface area contributed by atoms with Crippen LogP contribution in [-0.4, -0.2) is 33.0 Å². The molecule has 1 aliphatic heterocycles. The van der Waals surface area contributed by atoms with Crippen molar-refractivity contribution in [1.82, 2.24) is 20.0 Å². The number of hydrogen-bond donors (Lipinski definition) is 1. The maximum absolute atomic E-state index is 12.4. The highest BCUT2D eigenvalue weighted by Gasteiger charge is 2.21. The van der Waals surface area contributed by atoms with Crippen LogP contribution in [0.5, 0.6) is 0 Å². The van der Waals surface area contributed by atoms with Gasteiger partial charge in [0.05, 0.1) is 5.69 Å². The zero-order valence-corrected chi connectivity index (χ0v) is 16.3. The van der Waals surface area contributed by atoms with Crippen LogP contribution in [0.2, 0.25) is 0 Å². The number of aromatic nitrogens is 2. The maximum atomic E-state index is 12.4. The first-order chi connectivity index (χ1) is 13.7. The van der Waals surface area contributed by atoms with Crippen molar-refractivity contribution in [1.29, 1.82) is 0 Å². The molecular formula is C21H22N4O2S. The lowest BCUT2D eigenvalue weighted by molar-refractivity contribution is -0.134. The van der Waals surface area contributed by atoms with Crippen molar-refractivity contribution in [2.24, 2.45) is 0 Å². The number of carbonyl (C=O) groups is 2. The van der Waals surface area contributed by atoms with Crippen LogP contribution in [0.25, 0.3) is 5.69 Å². The molecule has 0 saturated carbocycles. The van der Waals surface area contributed by atoms with Gasteiger partial charge in [-0.05, 0) is 47.2 Å². The molecule has 144 valence electrons. The summed E-state index contributed by atoms with van der Waals surface area (Å²) in [5.74, 6) is -0.0479. The SMILES string of the molecule is O=C(CCC(=O)N1CCc2sccc2C1)NCc1ccc(-n2cccn2)cc1. The largest absolute Gasteiger partial charge is 0.352 e. The van der Waals surface area contributed by atoms with Crippen LogP contribution in [0.1, 0.15) is 28.8 Å². The molecule has 0 bridgehead atoms. The molecule has 1 aromatic carbocycles. The Bertz CT molecular complexity index is 947. The smallest absolute Gasteiger partial charge is 0.223 e. The van der Waals surface area contributed by atoms with Crippen molar-refractivity contribution in [2.75, 3.05) is 6.54 Å². The summed E-state index contributed by atoms with van der Waals surface area (Å²) in [7, 11) is 0. The van der Waals surface area contributed by atoms with Gasteiger partial charge in [0.25, 0.3) is 0 Å². The van der Waals surface area contributed by atoms with E-state index < -0.39 is 0 Å². The van der Waals surface area contributed by atoms with Crippen LogP contribution >= 0.6 is 11.3 Å². The quantitative estimate of drug-likeness (QED) is 0.699. The summed E-state index contributed by atoms with van der Waals surface area (Å²) >= 11 is 1.75. The molecule has 28 heavy (non-hydrogen) atoms. The van der Waals surface area contributed by atoms with Crippen LogP contribution in [0, 0.1) is 0 Å². The van der Waals surface area contributed by atoms with Crippen LogP contribution < -0.4 is 5.32 Å². The van der Waals surface area contributed by atoms with Gasteiger partial charge in [0, 0.05) is 49.7 Å². The molecule has 1 N–H and O–H groups in total. The zero-order chi connectivity index (χ0) is 19.3. The predicted molar refractivity (Wildman–Crippen MR) is 108 cm³/mol. The fourth-order valence-corrected chi connectivity index (χ4v) is 4.21. The lowest BCUT2D eigenvalue weighted by Crippen LogP contribution is -2.36. The molecular weight excluding hydrogens is 372 g/mol. The number of fused-ring (bicyclic) bond motifs is 1. The number of thiophene rings is 1. The Morgan fingerprint density at radius 2 is 2.00 bits per heavy atom. The van der Waals surface area contributed by atoms with Crippen molar-refractivity contribution >= 4 is 23.2 Å². The molecule has 0 aliphatic carbocycles. The van der Waals surface area contributed by atoms with E-state index in [9.17, 15) is 9.59 Å². The van der Waals surface area contributed by atoms with Gasteiger partial charge in [0.15, 0.2) is 0 Å². The normalized spacial score (nSPS) is 13.2. The average molecular weight is 395 g/mol. The van der Waals surface area contributed by atoms with E-state index in [4.69, 9.17) is 0 Å². The number of carbonyl (C=O) groups excluding carboxylic acids is 2. The van der Waals surface area contributed by atoms with Crippen molar-refractivity contribution in [3.05, 3.63) is 70.2 Å². The van der Waals surface area contributed by atoms with Gasteiger partial charge in [-0.1, -0.05) is 12.1 Å². The molecule has 1 aliphatic rings. The van der Waals surface area contributed by atoms with Crippen molar-refractivity contribution in [3.63, 3.8) is 0 Å². The molecule has 2 aromatic heterocycles. The second-order valence-electron chi connectivity index (χ2n) is 6.83. The number of amides is 2. The van der Waals surface area contributed by atoms with Crippen molar-refractivity contribution in [2.45, 2.75) is 32.4 Å². The minimum atomic E-state index is -0.0993. The molecule has 4 rings (SSSR count). The summed E-state index contributed by atoms with van der Waals surface area (Å²) in [4.78, 5) is 27.8. The van der Waals surface area contributed by atoms with E-state index in [1.165, 1.54) is 10.4 Å². The third-order valence-corrected chi connectivity index (χ3v) is 5.94. The Balaban J connectivity index is 1.21. The molecule has 0 atom stereocenters. The van der Waals surface area contributed by atoms with E-state index in [1.807, 2.05) is 41.4 Å². The van der Waals surface area contributed by atoms with Crippen LogP contribution in [0.3, 0.4) is 0 Å². The monoisotopic (exact) mass is 394 g/mol. The second-order valence-corrected chi connectivity index (χ2v) is 7.83. The van der Waals surface area contributed by atoms with E-state index in [-0.39, 0.29) is 24.7 Å². The van der Waals surface area contributed by atoms with E-state index in [0.29, 0.717) is 13.1 Å². The lowest BCUT2D eigenvalue weighted by Gasteiger charge is -2.27. The minimum absolute atomic E-state index is 0.0515. The molecule has 0 radical (unpaired) electrons. The number of nitrogens with one attached hydrogen (secondary N) is 1. The van der Waals surface area contributed by atoms with E-state index in [2.05, 4.69) is 21.9 Å². The first kappa shape index (κ1) is 18.4. The predicted octanol–water partition coefficient (Wildman–Crippen LogP) is 2.92. The molecule has 0 spiro atoms. The summed E-state index contributed by atoms with van der Waals surface area (Å²) in [5.41, 5.74) is 3.23. The van der Waals surface area contributed by atoms with Gasteiger partial charge >= 0.3 is 0 Å².